The zero-order valence-electron chi connectivity index (χ0n) is 10.1. The van der Waals surface area contributed by atoms with E-state index < -0.39 is 0 Å². The van der Waals surface area contributed by atoms with Crippen LogP contribution in [0.15, 0.2) is 0 Å². The molecule has 0 spiro atoms. The van der Waals surface area contributed by atoms with Crippen molar-refractivity contribution >= 4 is 0 Å². The zero-order valence-corrected chi connectivity index (χ0v) is 10.1. The molecule has 1 heteroatoms. The Morgan fingerprint density at radius 1 is 1.08 bits per heavy atom. The predicted molar refractivity (Wildman–Crippen MR) is 58.8 cm³/mol. The van der Waals surface area contributed by atoms with Gasteiger partial charge in [0.05, 0.1) is 0 Å². The van der Waals surface area contributed by atoms with Crippen molar-refractivity contribution in [2.45, 2.75) is 47.6 Å². The largest absolute Gasteiger partial charge is 0.300 e. The van der Waals surface area contributed by atoms with Crippen molar-refractivity contribution in [3.63, 3.8) is 0 Å². The van der Waals surface area contributed by atoms with E-state index >= 15 is 0 Å². The van der Waals surface area contributed by atoms with Gasteiger partial charge in [-0.15, -0.1) is 0 Å². The number of likely N-dealkylation sites (tertiary alicyclic amines) is 1. The van der Waals surface area contributed by atoms with E-state index in [1.807, 2.05) is 13.8 Å². The van der Waals surface area contributed by atoms with E-state index in [4.69, 9.17) is 0 Å². The normalized spacial score (nSPS) is 35.3. The lowest BCUT2D eigenvalue weighted by atomic mass is 10.1. The van der Waals surface area contributed by atoms with E-state index in [-0.39, 0.29) is 0 Å². The minimum Gasteiger partial charge on any atom is -0.300 e. The van der Waals surface area contributed by atoms with E-state index in [0.717, 1.165) is 17.9 Å². The van der Waals surface area contributed by atoms with E-state index in [0.29, 0.717) is 5.41 Å². The smallest absolute Gasteiger partial charge is 0.00388 e. The van der Waals surface area contributed by atoms with Gasteiger partial charge < -0.3 is 4.90 Å². The Balaban J connectivity index is 0.000000396. The third kappa shape index (κ3) is 1.76. The van der Waals surface area contributed by atoms with Crippen LogP contribution in [0.25, 0.3) is 0 Å². The van der Waals surface area contributed by atoms with Crippen LogP contribution in [0.4, 0.5) is 0 Å². The first-order valence-electron chi connectivity index (χ1n) is 5.77. The van der Waals surface area contributed by atoms with Gasteiger partial charge in [0.1, 0.15) is 0 Å². The zero-order chi connectivity index (χ0) is 10.2. The number of piperidine rings is 1. The minimum absolute atomic E-state index is 0.686. The van der Waals surface area contributed by atoms with Gasteiger partial charge in [0, 0.05) is 19.1 Å². The SMILES string of the molecule is CC.CC(C)N1CC2C(C1)C2(C)C. The van der Waals surface area contributed by atoms with Gasteiger partial charge in [0.2, 0.25) is 0 Å². The Morgan fingerprint density at radius 3 is 1.77 bits per heavy atom. The van der Waals surface area contributed by atoms with Crippen LogP contribution >= 0.6 is 0 Å². The number of rotatable bonds is 1. The molecule has 2 rings (SSSR count). The summed E-state index contributed by atoms with van der Waals surface area (Å²) in [6, 6.07) is 0.763. The highest BCUT2D eigenvalue weighted by atomic mass is 15.2. The van der Waals surface area contributed by atoms with Crippen molar-refractivity contribution in [3.05, 3.63) is 0 Å². The van der Waals surface area contributed by atoms with Crippen LogP contribution in [0.3, 0.4) is 0 Å². The molecule has 1 aliphatic heterocycles. The van der Waals surface area contributed by atoms with Crippen molar-refractivity contribution in [1.29, 1.82) is 0 Å². The van der Waals surface area contributed by atoms with Gasteiger partial charge in [-0.2, -0.15) is 0 Å². The second kappa shape index (κ2) is 3.61. The molecule has 2 fully saturated rings. The molecule has 0 bridgehead atoms. The summed E-state index contributed by atoms with van der Waals surface area (Å²) in [4.78, 5) is 2.61. The molecule has 0 N–H and O–H groups in total. The van der Waals surface area contributed by atoms with Crippen molar-refractivity contribution < 1.29 is 0 Å². The topological polar surface area (TPSA) is 3.24 Å². The van der Waals surface area contributed by atoms with E-state index in [1.165, 1.54) is 13.1 Å². The van der Waals surface area contributed by atoms with Crippen LogP contribution in [0.1, 0.15) is 41.5 Å². The molecule has 2 aliphatic rings. The lowest BCUT2D eigenvalue weighted by Gasteiger charge is -2.25. The Kier molecular flexibility index (Phi) is 3.06. The van der Waals surface area contributed by atoms with Crippen LogP contribution in [-0.4, -0.2) is 24.0 Å². The first-order chi connectivity index (χ1) is 6.03. The van der Waals surface area contributed by atoms with Crippen molar-refractivity contribution in [2.24, 2.45) is 17.3 Å². The third-order valence-corrected chi connectivity index (χ3v) is 3.88. The van der Waals surface area contributed by atoms with Crippen molar-refractivity contribution in [2.75, 3.05) is 13.1 Å². The summed E-state index contributed by atoms with van der Waals surface area (Å²) < 4.78 is 0. The van der Waals surface area contributed by atoms with Crippen molar-refractivity contribution in [1.82, 2.24) is 4.90 Å². The summed E-state index contributed by atoms with van der Waals surface area (Å²) in [5.41, 5.74) is 0.686. The molecule has 0 radical (unpaired) electrons. The summed E-state index contributed by atoms with van der Waals surface area (Å²) in [5.74, 6) is 2.04. The molecule has 78 valence electrons. The highest BCUT2D eigenvalue weighted by Gasteiger charge is 2.61. The molecule has 0 aromatic carbocycles. The Bertz CT molecular complexity index is 158. The summed E-state index contributed by atoms with van der Waals surface area (Å²) in [6.07, 6.45) is 0. The van der Waals surface area contributed by atoms with Crippen LogP contribution in [0, 0.1) is 17.3 Å². The first kappa shape index (κ1) is 11.0. The molecule has 2 unspecified atom stereocenters. The Morgan fingerprint density at radius 2 is 1.46 bits per heavy atom. The molecule has 13 heavy (non-hydrogen) atoms. The molecule has 0 amide bonds. The monoisotopic (exact) mass is 183 g/mol. The predicted octanol–water partition coefficient (Wildman–Crippen LogP) is 3.01. The maximum absolute atomic E-state index is 2.61. The van der Waals surface area contributed by atoms with Gasteiger partial charge in [-0.1, -0.05) is 27.7 Å². The van der Waals surface area contributed by atoms with Crippen LogP contribution in [-0.2, 0) is 0 Å². The van der Waals surface area contributed by atoms with Gasteiger partial charge in [-0.25, -0.2) is 0 Å². The van der Waals surface area contributed by atoms with Crippen LogP contribution in [0.2, 0.25) is 0 Å². The average Bonchev–Trinajstić information content (AvgIpc) is 2.55. The number of nitrogens with zero attached hydrogens (tertiary/aromatic N) is 1. The maximum atomic E-state index is 2.61. The van der Waals surface area contributed by atoms with Gasteiger partial charge in [-0.3, -0.25) is 0 Å². The van der Waals surface area contributed by atoms with E-state index in [1.54, 1.807) is 0 Å². The molecule has 1 heterocycles. The van der Waals surface area contributed by atoms with Gasteiger partial charge in [-0.05, 0) is 31.1 Å². The second-order valence-electron chi connectivity index (χ2n) is 5.08. The maximum Gasteiger partial charge on any atom is 0.00388 e. The molecular weight excluding hydrogens is 158 g/mol. The second-order valence-corrected chi connectivity index (χ2v) is 5.08. The number of hydrogen-bond donors (Lipinski definition) is 0. The lowest BCUT2D eigenvalue weighted by Crippen LogP contribution is -2.32. The summed E-state index contributed by atoms with van der Waals surface area (Å²) in [7, 11) is 0. The molecule has 1 nitrogen and oxygen atoms in total. The molecule has 0 aromatic rings. The van der Waals surface area contributed by atoms with Gasteiger partial charge in [0.15, 0.2) is 0 Å². The highest BCUT2D eigenvalue weighted by Crippen LogP contribution is 2.62. The van der Waals surface area contributed by atoms with Gasteiger partial charge >= 0.3 is 0 Å². The molecule has 1 saturated heterocycles. The van der Waals surface area contributed by atoms with Crippen LogP contribution in [0.5, 0.6) is 0 Å². The van der Waals surface area contributed by atoms with E-state index in [9.17, 15) is 0 Å². The molecule has 1 saturated carbocycles. The standard InChI is InChI=1S/C10H19N.C2H6/c1-7(2)11-5-8-9(6-11)10(8,3)4;1-2/h7-9H,5-6H2,1-4H3;1-2H3. The fourth-order valence-electron chi connectivity index (χ4n) is 2.58. The fraction of sp³-hybridized carbons (Fsp3) is 1.00. The number of fused-ring (bicyclic) bond motifs is 1. The Labute approximate surface area is 83.5 Å². The lowest BCUT2D eigenvalue weighted by molar-refractivity contribution is 0.214. The average molecular weight is 183 g/mol. The molecule has 0 aromatic heterocycles. The summed E-state index contributed by atoms with van der Waals surface area (Å²) >= 11 is 0. The van der Waals surface area contributed by atoms with Crippen molar-refractivity contribution in [3.8, 4) is 0 Å². The minimum atomic E-state index is 0.686. The van der Waals surface area contributed by atoms with E-state index in [2.05, 4.69) is 32.6 Å². The molecule has 2 atom stereocenters. The summed E-state index contributed by atoms with van der Waals surface area (Å²) in [6.45, 7) is 16.2. The highest BCUT2D eigenvalue weighted by molar-refractivity contribution is 5.11. The third-order valence-electron chi connectivity index (χ3n) is 3.88. The first-order valence-corrected chi connectivity index (χ1v) is 5.77. The Hall–Kier alpha value is -0.0400. The van der Waals surface area contributed by atoms with Crippen LogP contribution < -0.4 is 0 Å². The summed E-state index contributed by atoms with van der Waals surface area (Å²) in [5, 5.41) is 0. The molecular formula is C12H25N. The van der Waals surface area contributed by atoms with Gasteiger partial charge in [0.25, 0.3) is 0 Å². The number of hydrogen-bond acceptors (Lipinski definition) is 1. The fourth-order valence-corrected chi connectivity index (χ4v) is 2.58. The molecule has 1 aliphatic carbocycles. The quantitative estimate of drug-likeness (QED) is 0.604.